The first-order valence-corrected chi connectivity index (χ1v) is 6.60. The van der Waals surface area contributed by atoms with Crippen molar-refractivity contribution in [2.24, 2.45) is 5.92 Å². The number of nitrogens with one attached hydrogen (secondary N) is 1. The summed E-state index contributed by atoms with van der Waals surface area (Å²) in [7, 11) is 1.86. The van der Waals surface area contributed by atoms with E-state index in [9.17, 15) is 4.79 Å². The zero-order valence-electron chi connectivity index (χ0n) is 11.8. The molecule has 3 heteroatoms. The Bertz CT molecular complexity index is 466. The van der Waals surface area contributed by atoms with Crippen LogP contribution in [0, 0.1) is 5.92 Å². The number of anilines is 2. The van der Waals surface area contributed by atoms with Crippen LogP contribution in [-0.4, -0.2) is 19.0 Å². The minimum atomic E-state index is -0.123. The van der Waals surface area contributed by atoms with E-state index < -0.39 is 0 Å². The second kappa shape index (κ2) is 4.63. The summed E-state index contributed by atoms with van der Waals surface area (Å²) in [6.45, 7) is 8.51. The van der Waals surface area contributed by atoms with Gasteiger partial charge in [0.2, 0.25) is 5.91 Å². The van der Waals surface area contributed by atoms with Crippen molar-refractivity contribution in [3.05, 3.63) is 23.8 Å². The average molecular weight is 246 g/mol. The van der Waals surface area contributed by atoms with Crippen LogP contribution >= 0.6 is 0 Å². The lowest BCUT2D eigenvalue weighted by Crippen LogP contribution is -2.48. The molecule has 3 nitrogen and oxygen atoms in total. The van der Waals surface area contributed by atoms with E-state index in [0.29, 0.717) is 5.92 Å². The van der Waals surface area contributed by atoms with Crippen LogP contribution in [0.3, 0.4) is 0 Å². The third-order valence-corrected chi connectivity index (χ3v) is 3.62. The summed E-state index contributed by atoms with van der Waals surface area (Å²) in [5.41, 5.74) is 3.38. The fourth-order valence-corrected chi connectivity index (χ4v) is 2.47. The van der Waals surface area contributed by atoms with Crippen LogP contribution in [0.15, 0.2) is 18.2 Å². The normalized spacial score (nSPS) is 19.2. The Labute approximate surface area is 109 Å². The first kappa shape index (κ1) is 12.9. The van der Waals surface area contributed by atoms with Gasteiger partial charge in [0.1, 0.15) is 6.04 Å². The summed E-state index contributed by atoms with van der Waals surface area (Å²) >= 11 is 0. The average Bonchev–Trinajstić information content (AvgIpc) is 2.32. The number of carbonyl (C=O) groups excluding carboxylic acids is 1. The number of likely N-dealkylation sites (N-methyl/N-ethyl adjacent to an activating group) is 1. The zero-order chi connectivity index (χ0) is 13.4. The molecule has 1 aromatic carbocycles. The number of hydrogen-bond donors (Lipinski definition) is 1. The van der Waals surface area contributed by atoms with Gasteiger partial charge in [-0.1, -0.05) is 39.8 Å². The maximum Gasteiger partial charge on any atom is 0.249 e. The van der Waals surface area contributed by atoms with Gasteiger partial charge >= 0.3 is 0 Å². The van der Waals surface area contributed by atoms with Gasteiger partial charge < -0.3 is 10.2 Å². The van der Waals surface area contributed by atoms with Crippen LogP contribution in [0.1, 0.15) is 39.2 Å². The summed E-state index contributed by atoms with van der Waals surface area (Å²) in [5.74, 6) is 0.883. The van der Waals surface area contributed by atoms with E-state index in [1.165, 1.54) is 5.56 Å². The molecule has 1 aliphatic heterocycles. The lowest BCUT2D eigenvalue weighted by atomic mass is 9.94. The third-order valence-electron chi connectivity index (χ3n) is 3.62. The molecule has 1 heterocycles. The molecule has 0 saturated heterocycles. The van der Waals surface area contributed by atoms with Crippen molar-refractivity contribution in [1.29, 1.82) is 0 Å². The number of nitrogens with zero attached hydrogens (tertiary/aromatic N) is 1. The van der Waals surface area contributed by atoms with Crippen molar-refractivity contribution >= 4 is 17.3 Å². The number of rotatable bonds is 2. The Morgan fingerprint density at radius 2 is 1.89 bits per heavy atom. The number of fused-ring (bicyclic) bond motifs is 1. The number of hydrogen-bond acceptors (Lipinski definition) is 2. The highest BCUT2D eigenvalue weighted by atomic mass is 16.2. The van der Waals surface area contributed by atoms with Crippen molar-refractivity contribution in [2.75, 3.05) is 17.3 Å². The summed E-state index contributed by atoms with van der Waals surface area (Å²) < 4.78 is 0. The molecule has 0 fully saturated rings. The van der Waals surface area contributed by atoms with Crippen LogP contribution in [0.2, 0.25) is 0 Å². The number of amides is 1. The highest BCUT2D eigenvalue weighted by Crippen LogP contribution is 2.38. The predicted molar refractivity (Wildman–Crippen MR) is 76.2 cm³/mol. The Balaban J connectivity index is 2.52. The predicted octanol–water partition coefficient (Wildman–Crippen LogP) is 3.22. The standard InChI is InChI=1S/C15H22N2O/c1-9(2)11-7-6-8-12-14(11)16-13(10(3)4)15(18)17(12)5/h6-10,13,16H,1-5H3. The molecule has 1 atom stereocenters. The van der Waals surface area contributed by atoms with Gasteiger partial charge in [0, 0.05) is 7.05 Å². The van der Waals surface area contributed by atoms with E-state index in [0.717, 1.165) is 11.4 Å². The Morgan fingerprint density at radius 3 is 2.44 bits per heavy atom. The molecule has 0 aromatic heterocycles. The third kappa shape index (κ3) is 1.98. The van der Waals surface area contributed by atoms with E-state index in [1.54, 1.807) is 4.90 Å². The molecule has 0 spiro atoms. The zero-order valence-corrected chi connectivity index (χ0v) is 11.8. The van der Waals surface area contributed by atoms with Crippen LogP contribution in [-0.2, 0) is 4.79 Å². The minimum absolute atomic E-state index is 0.123. The Morgan fingerprint density at radius 1 is 1.22 bits per heavy atom. The van der Waals surface area contributed by atoms with Gasteiger partial charge in [-0.25, -0.2) is 0 Å². The first-order valence-electron chi connectivity index (χ1n) is 6.60. The molecule has 0 radical (unpaired) electrons. The topological polar surface area (TPSA) is 32.3 Å². The van der Waals surface area contributed by atoms with Crippen molar-refractivity contribution < 1.29 is 4.79 Å². The molecule has 2 rings (SSSR count). The fraction of sp³-hybridized carbons (Fsp3) is 0.533. The van der Waals surface area contributed by atoms with E-state index in [2.05, 4.69) is 39.1 Å². The van der Waals surface area contributed by atoms with Crippen molar-refractivity contribution in [2.45, 2.75) is 39.7 Å². The van der Waals surface area contributed by atoms with Crippen LogP contribution in [0.5, 0.6) is 0 Å². The van der Waals surface area contributed by atoms with E-state index in [-0.39, 0.29) is 17.9 Å². The number of para-hydroxylation sites is 1. The smallest absolute Gasteiger partial charge is 0.249 e. The maximum absolute atomic E-state index is 12.3. The monoisotopic (exact) mass is 246 g/mol. The van der Waals surface area contributed by atoms with Gasteiger partial charge in [-0.2, -0.15) is 0 Å². The quantitative estimate of drug-likeness (QED) is 0.869. The van der Waals surface area contributed by atoms with Crippen LogP contribution < -0.4 is 10.2 Å². The highest BCUT2D eigenvalue weighted by molar-refractivity contribution is 6.05. The summed E-state index contributed by atoms with van der Waals surface area (Å²) in [6, 6.07) is 6.04. The number of benzene rings is 1. The van der Waals surface area contributed by atoms with Gasteiger partial charge in [0.25, 0.3) is 0 Å². The molecular weight excluding hydrogens is 224 g/mol. The van der Waals surface area contributed by atoms with Gasteiger partial charge in [-0.15, -0.1) is 0 Å². The van der Waals surface area contributed by atoms with Gasteiger partial charge in [-0.05, 0) is 23.5 Å². The van der Waals surface area contributed by atoms with Crippen molar-refractivity contribution in [3.8, 4) is 0 Å². The minimum Gasteiger partial charge on any atom is -0.372 e. The Kier molecular flexibility index (Phi) is 3.33. The Hall–Kier alpha value is -1.51. The fourth-order valence-electron chi connectivity index (χ4n) is 2.47. The van der Waals surface area contributed by atoms with Crippen molar-refractivity contribution in [3.63, 3.8) is 0 Å². The second-order valence-electron chi connectivity index (χ2n) is 5.66. The molecule has 1 amide bonds. The van der Waals surface area contributed by atoms with E-state index in [4.69, 9.17) is 0 Å². The van der Waals surface area contributed by atoms with Gasteiger partial charge in [-0.3, -0.25) is 4.79 Å². The molecule has 1 unspecified atom stereocenters. The molecule has 0 saturated carbocycles. The first-order chi connectivity index (χ1) is 8.43. The van der Waals surface area contributed by atoms with E-state index in [1.807, 2.05) is 19.2 Å². The molecule has 98 valence electrons. The van der Waals surface area contributed by atoms with Crippen molar-refractivity contribution in [1.82, 2.24) is 0 Å². The summed E-state index contributed by atoms with van der Waals surface area (Å²) in [5, 5.41) is 3.44. The largest absolute Gasteiger partial charge is 0.372 e. The molecule has 0 bridgehead atoms. The molecule has 1 N–H and O–H groups in total. The molecule has 0 aliphatic carbocycles. The molecule has 18 heavy (non-hydrogen) atoms. The highest BCUT2D eigenvalue weighted by Gasteiger charge is 2.33. The van der Waals surface area contributed by atoms with Crippen LogP contribution in [0.4, 0.5) is 11.4 Å². The maximum atomic E-state index is 12.3. The summed E-state index contributed by atoms with van der Waals surface area (Å²) in [4.78, 5) is 14.1. The second-order valence-corrected chi connectivity index (χ2v) is 5.66. The molecular formula is C15H22N2O. The molecule has 1 aromatic rings. The SMILES string of the molecule is CC(C)c1cccc2c1NC(C(C)C)C(=O)N2C. The van der Waals surface area contributed by atoms with Gasteiger partial charge in [0.15, 0.2) is 0 Å². The van der Waals surface area contributed by atoms with Crippen LogP contribution in [0.25, 0.3) is 0 Å². The van der Waals surface area contributed by atoms with E-state index >= 15 is 0 Å². The lowest BCUT2D eigenvalue weighted by Gasteiger charge is -2.36. The molecule has 1 aliphatic rings. The number of carbonyl (C=O) groups is 1. The lowest BCUT2D eigenvalue weighted by molar-refractivity contribution is -0.120. The van der Waals surface area contributed by atoms with Gasteiger partial charge in [0.05, 0.1) is 11.4 Å². The summed E-state index contributed by atoms with van der Waals surface area (Å²) in [6.07, 6.45) is 0.